The van der Waals surface area contributed by atoms with Gasteiger partial charge in [0.1, 0.15) is 12.1 Å². The summed E-state index contributed by atoms with van der Waals surface area (Å²) in [6, 6.07) is 21.2. The summed E-state index contributed by atoms with van der Waals surface area (Å²) in [5.74, 6) is 0. The molecule has 0 bridgehead atoms. The summed E-state index contributed by atoms with van der Waals surface area (Å²) in [5, 5.41) is 0. The minimum absolute atomic E-state index is 0.355. The molecule has 0 fully saturated rings. The second-order valence-electron chi connectivity index (χ2n) is 8.72. The van der Waals surface area contributed by atoms with Gasteiger partial charge < -0.3 is 0 Å². The quantitative estimate of drug-likeness (QED) is 0.316. The van der Waals surface area contributed by atoms with Crippen molar-refractivity contribution in [2.24, 2.45) is 4.99 Å². The number of nitrogens with zero attached hydrogens (tertiary/aromatic N) is 1. The SMILES string of the molecule is CC(C)(C)S(=O)N[C@@H]([C@H](N=C(c1ccccc1)c1ccccc1)c1ccc(Br)cc1)C(F)(F)F. The van der Waals surface area contributed by atoms with Crippen molar-refractivity contribution in [1.82, 2.24) is 4.72 Å². The summed E-state index contributed by atoms with van der Waals surface area (Å²) in [5.41, 5.74) is 2.15. The van der Waals surface area contributed by atoms with Crippen molar-refractivity contribution in [3.8, 4) is 0 Å². The molecule has 1 N–H and O–H groups in total. The lowest BCUT2D eigenvalue weighted by Crippen LogP contribution is -2.50. The predicted molar refractivity (Wildman–Crippen MR) is 136 cm³/mol. The van der Waals surface area contributed by atoms with Crippen LogP contribution >= 0.6 is 15.9 Å². The van der Waals surface area contributed by atoms with E-state index in [1.165, 1.54) is 0 Å². The van der Waals surface area contributed by atoms with E-state index in [1.807, 2.05) is 60.7 Å². The minimum Gasteiger partial charge on any atom is -0.274 e. The highest BCUT2D eigenvalue weighted by Crippen LogP contribution is 2.35. The summed E-state index contributed by atoms with van der Waals surface area (Å²) >= 11 is 3.34. The molecular formula is C26H26BrF3N2OS. The maximum absolute atomic E-state index is 14.5. The standard InChI is InChI=1S/C26H26BrF3N2OS/c1-25(2,3)34(33)32-24(26(28,29)30)23(20-14-16-21(27)17-15-20)31-22(18-10-6-4-7-11-18)19-12-8-5-9-13-19/h4-17,23-24,32H,1-3H3/t23-,24+,34?/m1/s1. The third-order valence-electron chi connectivity index (χ3n) is 5.03. The van der Waals surface area contributed by atoms with Gasteiger partial charge in [-0.05, 0) is 38.5 Å². The molecule has 1 unspecified atom stereocenters. The molecule has 0 radical (unpaired) electrons. The summed E-state index contributed by atoms with van der Waals surface area (Å²) in [4.78, 5) is 4.70. The van der Waals surface area contributed by atoms with E-state index in [9.17, 15) is 17.4 Å². The van der Waals surface area contributed by atoms with E-state index in [0.717, 1.165) is 4.47 Å². The van der Waals surface area contributed by atoms with Gasteiger partial charge in [0.25, 0.3) is 0 Å². The lowest BCUT2D eigenvalue weighted by atomic mass is 9.97. The monoisotopic (exact) mass is 550 g/mol. The first-order valence-electron chi connectivity index (χ1n) is 10.7. The van der Waals surface area contributed by atoms with E-state index in [0.29, 0.717) is 22.4 Å². The van der Waals surface area contributed by atoms with Crippen LogP contribution in [-0.4, -0.2) is 26.9 Å². The molecule has 0 saturated carbocycles. The predicted octanol–water partition coefficient (Wildman–Crippen LogP) is 7.01. The van der Waals surface area contributed by atoms with E-state index in [2.05, 4.69) is 20.7 Å². The normalized spacial score (nSPS) is 14.8. The van der Waals surface area contributed by atoms with Gasteiger partial charge in [-0.15, -0.1) is 0 Å². The van der Waals surface area contributed by atoms with Crippen LogP contribution in [-0.2, 0) is 11.0 Å². The maximum atomic E-state index is 14.5. The minimum atomic E-state index is -4.71. The first-order valence-corrected chi connectivity index (χ1v) is 12.6. The average molecular weight is 551 g/mol. The molecule has 3 aromatic carbocycles. The fraction of sp³-hybridized carbons (Fsp3) is 0.269. The lowest BCUT2D eigenvalue weighted by Gasteiger charge is -2.31. The third kappa shape index (κ3) is 6.87. The van der Waals surface area contributed by atoms with Crippen LogP contribution in [0.25, 0.3) is 0 Å². The van der Waals surface area contributed by atoms with Gasteiger partial charge in [0.05, 0.1) is 21.4 Å². The molecule has 34 heavy (non-hydrogen) atoms. The van der Waals surface area contributed by atoms with Crippen LogP contribution in [0.15, 0.2) is 94.4 Å². The zero-order chi connectivity index (χ0) is 24.9. The van der Waals surface area contributed by atoms with Gasteiger partial charge in [-0.1, -0.05) is 88.7 Å². The van der Waals surface area contributed by atoms with Crippen LogP contribution in [0.4, 0.5) is 13.2 Å². The molecule has 3 nitrogen and oxygen atoms in total. The molecule has 3 atom stereocenters. The van der Waals surface area contributed by atoms with E-state index in [1.54, 1.807) is 45.0 Å². The molecule has 0 aromatic heterocycles. The molecule has 0 amide bonds. The summed E-state index contributed by atoms with van der Waals surface area (Å²) in [7, 11) is -1.96. The van der Waals surface area contributed by atoms with E-state index in [4.69, 9.17) is 4.99 Å². The fourth-order valence-corrected chi connectivity index (χ4v) is 4.36. The van der Waals surface area contributed by atoms with Crippen LogP contribution in [0.1, 0.15) is 43.5 Å². The van der Waals surface area contributed by atoms with Crippen molar-refractivity contribution in [3.05, 3.63) is 106 Å². The van der Waals surface area contributed by atoms with Crippen LogP contribution < -0.4 is 4.72 Å². The van der Waals surface area contributed by atoms with Crippen LogP contribution in [0.2, 0.25) is 0 Å². The zero-order valence-corrected chi connectivity index (χ0v) is 21.4. The largest absolute Gasteiger partial charge is 0.407 e. The molecule has 0 aliphatic rings. The van der Waals surface area contributed by atoms with Gasteiger partial charge in [0.15, 0.2) is 0 Å². The number of halogens is 4. The van der Waals surface area contributed by atoms with E-state index < -0.39 is 34.0 Å². The van der Waals surface area contributed by atoms with Crippen molar-refractivity contribution >= 4 is 32.6 Å². The number of aliphatic imine (C=N–C) groups is 1. The molecule has 3 rings (SSSR count). The number of alkyl halides is 3. The summed E-state index contributed by atoms with van der Waals surface area (Å²) in [6.07, 6.45) is -4.71. The summed E-state index contributed by atoms with van der Waals surface area (Å²) < 4.78 is 58.4. The Morgan fingerprint density at radius 1 is 0.853 bits per heavy atom. The Bertz CT molecular complexity index is 1090. The molecular weight excluding hydrogens is 525 g/mol. The Kier molecular flexibility index (Phi) is 8.49. The highest BCUT2D eigenvalue weighted by molar-refractivity contribution is 9.10. The van der Waals surface area contributed by atoms with Crippen LogP contribution in [0, 0.1) is 0 Å². The fourth-order valence-electron chi connectivity index (χ4n) is 3.25. The van der Waals surface area contributed by atoms with Gasteiger partial charge >= 0.3 is 6.18 Å². The van der Waals surface area contributed by atoms with Gasteiger partial charge in [-0.2, -0.15) is 13.2 Å². The van der Waals surface area contributed by atoms with Crippen molar-refractivity contribution in [2.45, 2.75) is 43.8 Å². The number of rotatable bonds is 7. The first kappa shape index (κ1) is 26.3. The Labute approximate surface area is 209 Å². The van der Waals surface area contributed by atoms with E-state index in [-0.39, 0.29) is 0 Å². The molecule has 0 spiro atoms. The third-order valence-corrected chi connectivity index (χ3v) is 7.14. The van der Waals surface area contributed by atoms with Crippen molar-refractivity contribution in [1.29, 1.82) is 0 Å². The number of hydrogen-bond acceptors (Lipinski definition) is 2. The second-order valence-corrected chi connectivity index (χ2v) is 11.6. The maximum Gasteiger partial charge on any atom is 0.407 e. The van der Waals surface area contributed by atoms with Crippen LogP contribution in [0.3, 0.4) is 0 Å². The Morgan fingerprint density at radius 2 is 1.32 bits per heavy atom. The summed E-state index contributed by atoms with van der Waals surface area (Å²) in [6.45, 7) is 4.88. The number of benzene rings is 3. The Balaban J connectivity index is 2.23. The van der Waals surface area contributed by atoms with Gasteiger partial charge in [0, 0.05) is 15.6 Å². The second kappa shape index (κ2) is 11.0. The van der Waals surface area contributed by atoms with Crippen molar-refractivity contribution in [3.63, 3.8) is 0 Å². The number of hydrogen-bond donors (Lipinski definition) is 1. The first-order chi connectivity index (χ1) is 16.0. The zero-order valence-electron chi connectivity index (χ0n) is 19.0. The molecule has 8 heteroatoms. The lowest BCUT2D eigenvalue weighted by molar-refractivity contribution is -0.155. The average Bonchev–Trinajstić information content (AvgIpc) is 2.79. The molecule has 0 aliphatic carbocycles. The number of nitrogens with one attached hydrogen (secondary N) is 1. The van der Waals surface area contributed by atoms with Crippen molar-refractivity contribution < 1.29 is 17.4 Å². The van der Waals surface area contributed by atoms with E-state index >= 15 is 0 Å². The van der Waals surface area contributed by atoms with Gasteiger partial charge in [-0.25, -0.2) is 8.93 Å². The van der Waals surface area contributed by atoms with Gasteiger partial charge in [-0.3, -0.25) is 4.99 Å². The van der Waals surface area contributed by atoms with Crippen LogP contribution in [0.5, 0.6) is 0 Å². The van der Waals surface area contributed by atoms with Crippen molar-refractivity contribution in [2.75, 3.05) is 0 Å². The van der Waals surface area contributed by atoms with Gasteiger partial charge in [0.2, 0.25) is 0 Å². The molecule has 0 saturated heterocycles. The molecule has 0 heterocycles. The topological polar surface area (TPSA) is 41.5 Å². The highest BCUT2D eigenvalue weighted by atomic mass is 79.9. The Morgan fingerprint density at radius 3 is 1.74 bits per heavy atom. The molecule has 180 valence electrons. The smallest absolute Gasteiger partial charge is 0.274 e. The molecule has 0 aliphatic heterocycles. The molecule has 3 aromatic rings. The highest BCUT2D eigenvalue weighted by Gasteiger charge is 2.47. The Hall–Kier alpha value is -2.29.